The fourth-order valence-corrected chi connectivity index (χ4v) is 4.44. The fourth-order valence-electron chi connectivity index (χ4n) is 4.17. The number of hydrogen-bond donors (Lipinski definition) is 2. The molecule has 158 valence electrons. The van der Waals surface area contributed by atoms with E-state index in [1.807, 2.05) is 78.9 Å². The standard InChI is InChI=1S/C27H17ClN4O/c28-23-14-18(11-20-15-29-32-25(20)23)21-12-19-13-22(16-7-3-1-4-8-16)27(33)31-26(19)30-24(21)17-9-5-2-6-10-17/h1-15H,(H,29,32)(H,30,31,33). The SMILES string of the molecule is O=c1[nH]c2nc(-c3ccccc3)c(-c3cc(Cl)c4[nH]ncc4c3)cc2cc1-c1ccccc1. The van der Waals surface area contributed by atoms with E-state index >= 15 is 0 Å². The van der Waals surface area contributed by atoms with E-state index in [4.69, 9.17) is 16.6 Å². The second-order valence-corrected chi connectivity index (χ2v) is 8.27. The number of aromatic nitrogens is 4. The lowest BCUT2D eigenvalue weighted by Crippen LogP contribution is -2.10. The number of nitrogens with zero attached hydrogens (tertiary/aromatic N) is 2. The van der Waals surface area contributed by atoms with Crippen LogP contribution in [0.15, 0.2) is 95.9 Å². The van der Waals surface area contributed by atoms with Gasteiger partial charge in [0.05, 0.1) is 22.4 Å². The minimum atomic E-state index is -0.171. The van der Waals surface area contributed by atoms with Crippen molar-refractivity contribution in [2.45, 2.75) is 0 Å². The Morgan fingerprint density at radius 1 is 0.727 bits per heavy atom. The van der Waals surface area contributed by atoms with E-state index in [1.165, 1.54) is 0 Å². The third-order valence-electron chi connectivity index (χ3n) is 5.77. The summed E-state index contributed by atoms with van der Waals surface area (Å²) in [5.41, 5.74) is 6.19. The van der Waals surface area contributed by atoms with Crippen LogP contribution in [0.4, 0.5) is 0 Å². The van der Waals surface area contributed by atoms with Gasteiger partial charge in [-0.2, -0.15) is 5.10 Å². The van der Waals surface area contributed by atoms with Crippen LogP contribution in [-0.4, -0.2) is 20.2 Å². The highest BCUT2D eigenvalue weighted by atomic mass is 35.5. The third-order valence-corrected chi connectivity index (χ3v) is 6.07. The molecule has 0 radical (unpaired) electrons. The Balaban J connectivity index is 1.66. The molecule has 0 aliphatic rings. The first-order chi connectivity index (χ1) is 16.2. The summed E-state index contributed by atoms with van der Waals surface area (Å²) in [6, 6.07) is 27.5. The Bertz CT molecular complexity index is 1690. The Kier molecular flexibility index (Phi) is 4.56. The highest BCUT2D eigenvalue weighted by molar-refractivity contribution is 6.35. The molecule has 0 unspecified atom stereocenters. The van der Waals surface area contributed by atoms with Gasteiger partial charge in [-0.05, 0) is 35.4 Å². The number of hydrogen-bond acceptors (Lipinski definition) is 3. The number of benzene rings is 3. The Morgan fingerprint density at radius 3 is 2.18 bits per heavy atom. The topological polar surface area (TPSA) is 74.4 Å². The number of H-pyrrole nitrogens is 2. The summed E-state index contributed by atoms with van der Waals surface area (Å²) < 4.78 is 0. The van der Waals surface area contributed by atoms with Crippen LogP contribution in [0.5, 0.6) is 0 Å². The molecule has 0 bridgehead atoms. The summed E-state index contributed by atoms with van der Waals surface area (Å²) in [5.74, 6) is 0. The first kappa shape index (κ1) is 19.5. The minimum absolute atomic E-state index is 0.171. The van der Waals surface area contributed by atoms with Crippen molar-refractivity contribution < 1.29 is 0 Å². The van der Waals surface area contributed by atoms with Crippen LogP contribution in [0.2, 0.25) is 5.02 Å². The minimum Gasteiger partial charge on any atom is -0.306 e. The van der Waals surface area contributed by atoms with Crippen molar-refractivity contribution in [3.8, 4) is 33.5 Å². The summed E-state index contributed by atoms with van der Waals surface area (Å²) in [6.45, 7) is 0. The molecule has 33 heavy (non-hydrogen) atoms. The van der Waals surface area contributed by atoms with Crippen LogP contribution < -0.4 is 5.56 Å². The van der Waals surface area contributed by atoms with Gasteiger partial charge in [0, 0.05) is 27.5 Å². The van der Waals surface area contributed by atoms with E-state index in [0.29, 0.717) is 16.2 Å². The molecule has 3 aromatic carbocycles. The fraction of sp³-hybridized carbons (Fsp3) is 0. The van der Waals surface area contributed by atoms with Gasteiger partial charge in [-0.25, -0.2) is 4.98 Å². The molecule has 0 fully saturated rings. The van der Waals surface area contributed by atoms with Crippen LogP contribution in [0, 0.1) is 0 Å². The summed E-state index contributed by atoms with van der Waals surface area (Å²) >= 11 is 6.56. The molecule has 0 amide bonds. The van der Waals surface area contributed by atoms with E-state index < -0.39 is 0 Å². The molecule has 2 N–H and O–H groups in total. The van der Waals surface area contributed by atoms with Crippen molar-refractivity contribution in [3.05, 3.63) is 107 Å². The van der Waals surface area contributed by atoms with E-state index in [9.17, 15) is 4.79 Å². The molecular weight excluding hydrogens is 432 g/mol. The zero-order valence-electron chi connectivity index (χ0n) is 17.3. The predicted molar refractivity (Wildman–Crippen MR) is 133 cm³/mol. The molecule has 6 aromatic rings. The summed E-state index contributed by atoms with van der Waals surface area (Å²) in [7, 11) is 0. The smallest absolute Gasteiger partial charge is 0.257 e. The lowest BCUT2D eigenvalue weighted by molar-refractivity contribution is 1.12. The van der Waals surface area contributed by atoms with Gasteiger partial charge in [-0.1, -0.05) is 72.3 Å². The van der Waals surface area contributed by atoms with Gasteiger partial charge in [-0.3, -0.25) is 9.89 Å². The van der Waals surface area contributed by atoms with E-state index in [-0.39, 0.29) is 5.56 Å². The lowest BCUT2D eigenvalue weighted by Gasteiger charge is -2.13. The molecule has 0 atom stereocenters. The second kappa shape index (κ2) is 7.73. The van der Waals surface area contributed by atoms with Crippen LogP contribution in [0.1, 0.15) is 0 Å². The quantitative estimate of drug-likeness (QED) is 0.326. The first-order valence-electron chi connectivity index (χ1n) is 10.5. The van der Waals surface area contributed by atoms with Crippen LogP contribution in [0.25, 0.3) is 55.4 Å². The van der Waals surface area contributed by atoms with Crippen molar-refractivity contribution in [1.82, 2.24) is 20.2 Å². The molecule has 0 spiro atoms. The summed E-state index contributed by atoms with van der Waals surface area (Å²) in [6.07, 6.45) is 1.76. The maximum absolute atomic E-state index is 12.9. The van der Waals surface area contributed by atoms with Gasteiger partial charge in [0.2, 0.25) is 0 Å². The van der Waals surface area contributed by atoms with Gasteiger partial charge in [0.25, 0.3) is 5.56 Å². The number of rotatable bonds is 3. The van der Waals surface area contributed by atoms with Gasteiger partial charge in [0.1, 0.15) is 5.65 Å². The third kappa shape index (κ3) is 3.39. The van der Waals surface area contributed by atoms with Crippen molar-refractivity contribution in [3.63, 3.8) is 0 Å². The molecular formula is C27H17ClN4O. The zero-order valence-corrected chi connectivity index (χ0v) is 18.1. The van der Waals surface area contributed by atoms with Gasteiger partial charge < -0.3 is 4.98 Å². The highest BCUT2D eigenvalue weighted by Crippen LogP contribution is 2.36. The average Bonchev–Trinajstić information content (AvgIpc) is 3.33. The van der Waals surface area contributed by atoms with Crippen molar-refractivity contribution in [1.29, 1.82) is 0 Å². The maximum Gasteiger partial charge on any atom is 0.257 e. The Labute approximate surface area is 193 Å². The maximum atomic E-state index is 12.9. The monoisotopic (exact) mass is 448 g/mol. The van der Waals surface area contributed by atoms with E-state index in [1.54, 1.807) is 6.20 Å². The van der Waals surface area contributed by atoms with E-state index in [2.05, 4.69) is 21.2 Å². The van der Waals surface area contributed by atoms with Crippen molar-refractivity contribution in [2.75, 3.05) is 0 Å². The molecule has 0 saturated carbocycles. The van der Waals surface area contributed by atoms with Gasteiger partial charge in [0.15, 0.2) is 0 Å². The summed E-state index contributed by atoms with van der Waals surface area (Å²) in [4.78, 5) is 20.7. The first-order valence-corrected chi connectivity index (χ1v) is 10.9. The Morgan fingerprint density at radius 2 is 1.42 bits per heavy atom. The number of halogens is 1. The predicted octanol–water partition coefficient (Wildman–Crippen LogP) is 6.45. The molecule has 3 aromatic heterocycles. The van der Waals surface area contributed by atoms with Gasteiger partial charge in [-0.15, -0.1) is 0 Å². The molecule has 0 saturated heterocycles. The second-order valence-electron chi connectivity index (χ2n) is 7.86. The van der Waals surface area contributed by atoms with Crippen molar-refractivity contribution in [2.24, 2.45) is 0 Å². The number of fused-ring (bicyclic) bond motifs is 2. The van der Waals surface area contributed by atoms with Crippen LogP contribution in [0.3, 0.4) is 0 Å². The molecule has 6 rings (SSSR count). The zero-order chi connectivity index (χ0) is 22.4. The van der Waals surface area contributed by atoms with E-state index in [0.717, 1.165) is 44.2 Å². The largest absolute Gasteiger partial charge is 0.306 e. The molecule has 0 aliphatic carbocycles. The molecule has 3 heterocycles. The van der Waals surface area contributed by atoms with Crippen LogP contribution in [-0.2, 0) is 0 Å². The Hall–Kier alpha value is -4.22. The van der Waals surface area contributed by atoms with Gasteiger partial charge >= 0.3 is 0 Å². The highest BCUT2D eigenvalue weighted by Gasteiger charge is 2.16. The number of aromatic amines is 2. The van der Waals surface area contributed by atoms with Crippen LogP contribution >= 0.6 is 11.6 Å². The summed E-state index contributed by atoms with van der Waals surface area (Å²) in [5, 5.41) is 9.40. The number of pyridine rings is 2. The lowest BCUT2D eigenvalue weighted by atomic mass is 9.96. The molecule has 6 heteroatoms. The molecule has 5 nitrogen and oxygen atoms in total. The average molecular weight is 449 g/mol. The van der Waals surface area contributed by atoms with Crippen molar-refractivity contribution >= 4 is 33.5 Å². The normalized spacial score (nSPS) is 11.3. The molecule has 0 aliphatic heterocycles. The number of nitrogens with one attached hydrogen (secondary N) is 2.